The quantitative estimate of drug-likeness (QED) is 0.647. The molecule has 6 N–H and O–H groups in total. The predicted molar refractivity (Wildman–Crippen MR) is 81.3 cm³/mol. The van der Waals surface area contributed by atoms with Crippen molar-refractivity contribution in [1.82, 2.24) is 0 Å². The number of benzene rings is 1. The minimum absolute atomic E-state index is 0.107. The third-order valence-corrected chi connectivity index (χ3v) is 4.31. The van der Waals surface area contributed by atoms with Gasteiger partial charge in [0.05, 0.1) is 22.7 Å². The average Bonchev–Trinajstić information content (AvgIpc) is 2.35. The highest BCUT2D eigenvalue weighted by molar-refractivity contribution is 6.33. The fraction of sp³-hybridized carbons (Fsp3) is 0.571. The molecule has 1 saturated carbocycles. The molecule has 0 aromatic heterocycles. The van der Waals surface area contributed by atoms with Gasteiger partial charge >= 0.3 is 0 Å². The molecule has 1 aliphatic carbocycles. The number of halogens is 2. The van der Waals surface area contributed by atoms with E-state index in [-0.39, 0.29) is 28.6 Å². The molecular weight excluding hydrogens is 281 g/mol. The summed E-state index contributed by atoms with van der Waals surface area (Å²) in [4.78, 5) is 0. The van der Waals surface area contributed by atoms with Crippen LogP contribution in [0.15, 0.2) is 6.07 Å². The molecule has 4 nitrogen and oxygen atoms in total. The zero-order valence-corrected chi connectivity index (χ0v) is 12.3. The van der Waals surface area contributed by atoms with E-state index >= 15 is 0 Å². The van der Waals surface area contributed by atoms with Gasteiger partial charge in [-0.15, -0.1) is 0 Å². The van der Waals surface area contributed by atoms with Gasteiger partial charge in [0.25, 0.3) is 0 Å². The van der Waals surface area contributed by atoms with Crippen molar-refractivity contribution in [3.63, 3.8) is 0 Å². The molecule has 2 atom stereocenters. The van der Waals surface area contributed by atoms with Gasteiger partial charge in [0.15, 0.2) is 5.82 Å². The minimum Gasteiger partial charge on any atom is -0.397 e. The Kier molecular flexibility index (Phi) is 4.30. The van der Waals surface area contributed by atoms with Crippen molar-refractivity contribution in [2.75, 3.05) is 23.3 Å². The van der Waals surface area contributed by atoms with Crippen LogP contribution < -0.4 is 16.8 Å². The summed E-state index contributed by atoms with van der Waals surface area (Å²) in [7, 11) is 0. The Morgan fingerprint density at radius 3 is 2.85 bits per heavy atom. The number of rotatable bonds is 3. The Morgan fingerprint density at radius 2 is 2.20 bits per heavy atom. The number of aliphatic hydroxyl groups is 1. The molecule has 2 rings (SSSR count). The van der Waals surface area contributed by atoms with E-state index in [1.807, 2.05) is 0 Å². The van der Waals surface area contributed by atoms with E-state index in [0.29, 0.717) is 18.8 Å². The molecule has 0 bridgehead atoms. The summed E-state index contributed by atoms with van der Waals surface area (Å²) in [5.74, 6) is -0.204. The second-order valence-electron chi connectivity index (χ2n) is 5.84. The van der Waals surface area contributed by atoms with E-state index < -0.39 is 11.4 Å². The van der Waals surface area contributed by atoms with Crippen LogP contribution in [0.1, 0.15) is 32.6 Å². The number of nitrogens with two attached hydrogens (primary N) is 2. The molecule has 0 aliphatic heterocycles. The number of hydrogen-bond donors (Lipinski definition) is 4. The van der Waals surface area contributed by atoms with Crippen molar-refractivity contribution in [3.05, 3.63) is 16.9 Å². The van der Waals surface area contributed by atoms with Crippen LogP contribution in [0, 0.1) is 11.7 Å². The monoisotopic (exact) mass is 301 g/mol. The van der Waals surface area contributed by atoms with Crippen LogP contribution in [-0.4, -0.2) is 17.3 Å². The number of anilines is 3. The van der Waals surface area contributed by atoms with Crippen LogP contribution in [0.3, 0.4) is 0 Å². The molecule has 1 aromatic carbocycles. The van der Waals surface area contributed by atoms with Crippen LogP contribution in [0.5, 0.6) is 0 Å². The fourth-order valence-electron chi connectivity index (χ4n) is 2.89. The lowest BCUT2D eigenvalue weighted by Crippen LogP contribution is -2.41. The number of nitrogens with one attached hydrogen (secondary N) is 1. The third-order valence-electron chi connectivity index (χ3n) is 3.93. The van der Waals surface area contributed by atoms with Crippen molar-refractivity contribution in [1.29, 1.82) is 0 Å². The topological polar surface area (TPSA) is 84.3 Å². The van der Waals surface area contributed by atoms with Crippen LogP contribution in [0.4, 0.5) is 21.5 Å². The summed E-state index contributed by atoms with van der Waals surface area (Å²) in [6.07, 6.45) is 3.49. The molecule has 1 aliphatic rings. The lowest BCUT2D eigenvalue weighted by Gasteiger charge is -2.36. The Morgan fingerprint density at radius 1 is 1.50 bits per heavy atom. The summed E-state index contributed by atoms with van der Waals surface area (Å²) in [6, 6.07) is 1.42. The van der Waals surface area contributed by atoms with Crippen LogP contribution in [0.2, 0.25) is 5.02 Å². The van der Waals surface area contributed by atoms with Crippen LogP contribution in [0.25, 0.3) is 0 Å². The van der Waals surface area contributed by atoms with Crippen molar-refractivity contribution >= 4 is 28.7 Å². The van der Waals surface area contributed by atoms with E-state index in [1.54, 1.807) is 0 Å². The van der Waals surface area contributed by atoms with E-state index in [2.05, 4.69) is 12.2 Å². The van der Waals surface area contributed by atoms with Gasteiger partial charge < -0.3 is 21.9 Å². The predicted octanol–water partition coefficient (Wildman–Crippen LogP) is 3.00. The molecule has 0 saturated heterocycles. The second kappa shape index (κ2) is 5.66. The first-order chi connectivity index (χ1) is 9.32. The Labute approximate surface area is 123 Å². The van der Waals surface area contributed by atoms with Gasteiger partial charge in [-0.2, -0.15) is 0 Å². The van der Waals surface area contributed by atoms with Crippen molar-refractivity contribution in [3.8, 4) is 0 Å². The van der Waals surface area contributed by atoms with E-state index in [4.69, 9.17) is 23.1 Å². The van der Waals surface area contributed by atoms with E-state index in [0.717, 1.165) is 12.8 Å². The molecule has 112 valence electrons. The lowest BCUT2D eigenvalue weighted by atomic mass is 9.79. The maximum Gasteiger partial charge on any atom is 0.169 e. The maximum atomic E-state index is 14.0. The zero-order chi connectivity index (χ0) is 14.9. The molecular formula is C14H21ClFN3O. The molecule has 1 aromatic rings. The zero-order valence-electron chi connectivity index (χ0n) is 11.5. The molecule has 0 heterocycles. The van der Waals surface area contributed by atoms with Gasteiger partial charge in [-0.1, -0.05) is 31.4 Å². The summed E-state index contributed by atoms with van der Waals surface area (Å²) in [5, 5.41) is 13.3. The Balaban J connectivity index is 2.13. The molecule has 0 spiro atoms. The first kappa shape index (κ1) is 15.2. The average molecular weight is 302 g/mol. The summed E-state index contributed by atoms with van der Waals surface area (Å²) >= 11 is 5.78. The lowest BCUT2D eigenvalue weighted by molar-refractivity contribution is -0.000787. The minimum atomic E-state index is -0.829. The van der Waals surface area contributed by atoms with E-state index in [1.165, 1.54) is 6.07 Å². The highest BCUT2D eigenvalue weighted by Crippen LogP contribution is 2.36. The van der Waals surface area contributed by atoms with Crippen molar-refractivity contribution in [2.45, 2.75) is 38.2 Å². The normalized spacial score (nSPS) is 26.5. The Bertz CT molecular complexity index is 512. The van der Waals surface area contributed by atoms with Gasteiger partial charge in [0.2, 0.25) is 0 Å². The molecule has 2 unspecified atom stereocenters. The molecule has 0 amide bonds. The van der Waals surface area contributed by atoms with Crippen molar-refractivity contribution in [2.24, 2.45) is 5.92 Å². The summed E-state index contributed by atoms with van der Waals surface area (Å²) in [6.45, 7) is 2.36. The molecule has 1 fully saturated rings. The molecule has 0 radical (unpaired) electrons. The number of nitrogen functional groups attached to an aromatic ring is 2. The van der Waals surface area contributed by atoms with Gasteiger partial charge in [-0.25, -0.2) is 4.39 Å². The molecule has 20 heavy (non-hydrogen) atoms. The third kappa shape index (κ3) is 3.10. The highest BCUT2D eigenvalue weighted by atomic mass is 35.5. The largest absolute Gasteiger partial charge is 0.397 e. The van der Waals surface area contributed by atoms with Gasteiger partial charge in [-0.3, -0.25) is 0 Å². The maximum absolute atomic E-state index is 14.0. The van der Waals surface area contributed by atoms with Gasteiger partial charge in [0, 0.05) is 6.54 Å². The summed E-state index contributed by atoms with van der Waals surface area (Å²) in [5.41, 5.74) is 10.9. The fourth-order valence-corrected chi connectivity index (χ4v) is 3.04. The number of hydrogen-bond acceptors (Lipinski definition) is 4. The first-order valence-electron chi connectivity index (χ1n) is 6.81. The summed E-state index contributed by atoms with van der Waals surface area (Å²) < 4.78 is 14.0. The smallest absolute Gasteiger partial charge is 0.169 e. The van der Waals surface area contributed by atoms with Gasteiger partial charge in [0.1, 0.15) is 5.02 Å². The second-order valence-corrected chi connectivity index (χ2v) is 6.22. The Hall–Kier alpha value is -1.20. The standard InChI is InChI=1S/C14H21ClFN3O/c1-8-3-2-4-14(20,6-8)7-19-13-10(18)5-9(17)11(15)12(13)16/h5,8,19-20H,2-4,6-7,17-18H2,1H3. The van der Waals surface area contributed by atoms with Crippen LogP contribution in [-0.2, 0) is 0 Å². The molecule has 6 heteroatoms. The first-order valence-corrected chi connectivity index (χ1v) is 7.19. The highest BCUT2D eigenvalue weighted by Gasteiger charge is 2.32. The van der Waals surface area contributed by atoms with Crippen molar-refractivity contribution < 1.29 is 9.50 Å². The van der Waals surface area contributed by atoms with E-state index in [9.17, 15) is 9.50 Å². The van der Waals surface area contributed by atoms with Crippen LogP contribution >= 0.6 is 11.6 Å². The van der Waals surface area contributed by atoms with Gasteiger partial charge in [-0.05, 0) is 24.8 Å². The SMILES string of the molecule is CC1CCCC(O)(CNc2c(N)cc(N)c(Cl)c2F)C1.